The quantitative estimate of drug-likeness (QED) is 0.717. The fraction of sp³-hybridized carbons (Fsp3) is 0.938. The Bertz CT molecular complexity index is 260. The number of nitrogens with two attached hydrogens (primary N) is 1. The Kier molecular flexibility index (Phi) is 8.86. The van der Waals surface area contributed by atoms with Crippen molar-refractivity contribution in [2.24, 2.45) is 11.7 Å². The molecule has 0 bridgehead atoms. The third-order valence-electron chi connectivity index (χ3n) is 4.17. The predicted molar refractivity (Wildman–Crippen MR) is 84.6 cm³/mol. The van der Waals surface area contributed by atoms with Crippen LogP contribution in [-0.2, 0) is 4.79 Å². The van der Waals surface area contributed by atoms with Crippen LogP contribution in [0.2, 0.25) is 0 Å². The normalized spacial score (nSPS) is 20.1. The molecule has 0 aromatic rings. The fourth-order valence-corrected chi connectivity index (χ4v) is 2.75. The third-order valence-corrected chi connectivity index (χ3v) is 4.17. The van der Waals surface area contributed by atoms with E-state index in [0.29, 0.717) is 0 Å². The molecule has 118 valence electrons. The molecule has 0 aromatic heterocycles. The van der Waals surface area contributed by atoms with Crippen LogP contribution in [0.5, 0.6) is 0 Å². The highest BCUT2D eigenvalue weighted by Gasteiger charge is 2.13. The highest BCUT2D eigenvalue weighted by atomic mass is 16.1. The van der Waals surface area contributed by atoms with Crippen molar-refractivity contribution in [2.45, 2.75) is 64.8 Å². The molecular formula is C16H33N3O. The monoisotopic (exact) mass is 283 g/mol. The molecule has 4 heteroatoms. The Morgan fingerprint density at radius 3 is 2.40 bits per heavy atom. The molecule has 0 spiro atoms. The molecule has 1 amide bonds. The van der Waals surface area contributed by atoms with Gasteiger partial charge in [0.2, 0.25) is 5.91 Å². The molecular weight excluding hydrogens is 250 g/mol. The first-order valence-corrected chi connectivity index (χ1v) is 8.35. The van der Waals surface area contributed by atoms with Gasteiger partial charge in [0.15, 0.2) is 0 Å². The number of amides is 1. The maximum Gasteiger partial charge on any atom is 0.222 e. The minimum atomic E-state index is 0.109. The van der Waals surface area contributed by atoms with Crippen LogP contribution in [0.4, 0.5) is 0 Å². The summed E-state index contributed by atoms with van der Waals surface area (Å²) in [6, 6.07) is 0.244. The Balaban J connectivity index is 2.08. The van der Waals surface area contributed by atoms with Crippen LogP contribution in [0.3, 0.4) is 0 Å². The maximum absolute atomic E-state index is 12.0. The van der Waals surface area contributed by atoms with Crippen LogP contribution in [0, 0.1) is 5.92 Å². The molecule has 1 fully saturated rings. The van der Waals surface area contributed by atoms with Gasteiger partial charge in [0.25, 0.3) is 0 Å². The molecule has 2 unspecified atom stereocenters. The van der Waals surface area contributed by atoms with E-state index in [1.54, 1.807) is 0 Å². The van der Waals surface area contributed by atoms with E-state index in [9.17, 15) is 4.79 Å². The summed E-state index contributed by atoms with van der Waals surface area (Å²) >= 11 is 0. The summed E-state index contributed by atoms with van der Waals surface area (Å²) in [6.07, 6.45) is 8.32. The summed E-state index contributed by atoms with van der Waals surface area (Å²) in [5.41, 5.74) is 5.72. The van der Waals surface area contributed by atoms with Gasteiger partial charge >= 0.3 is 0 Å². The molecule has 0 aromatic carbocycles. The molecule has 0 saturated carbocycles. The van der Waals surface area contributed by atoms with Gasteiger partial charge in [0.1, 0.15) is 0 Å². The molecule has 20 heavy (non-hydrogen) atoms. The summed E-state index contributed by atoms with van der Waals surface area (Å²) in [5, 5.41) is 3.08. The molecule has 2 atom stereocenters. The fourth-order valence-electron chi connectivity index (χ4n) is 2.75. The second-order valence-corrected chi connectivity index (χ2v) is 6.36. The van der Waals surface area contributed by atoms with Gasteiger partial charge < -0.3 is 16.0 Å². The van der Waals surface area contributed by atoms with Crippen LogP contribution in [-0.4, -0.2) is 43.0 Å². The summed E-state index contributed by atoms with van der Waals surface area (Å²) < 4.78 is 0. The average Bonchev–Trinajstić information content (AvgIpc) is 2.66. The highest BCUT2D eigenvalue weighted by Crippen LogP contribution is 2.10. The van der Waals surface area contributed by atoms with E-state index in [2.05, 4.69) is 10.2 Å². The minimum absolute atomic E-state index is 0.109. The number of hydrogen-bond donors (Lipinski definition) is 2. The molecule has 1 saturated heterocycles. The lowest BCUT2D eigenvalue weighted by Gasteiger charge is -2.20. The number of nitrogens with zero attached hydrogens (tertiary/aromatic N) is 1. The molecule has 0 aliphatic carbocycles. The first kappa shape index (κ1) is 17.4. The van der Waals surface area contributed by atoms with E-state index in [1.165, 1.54) is 38.8 Å². The molecule has 3 N–H and O–H groups in total. The first-order chi connectivity index (χ1) is 9.59. The van der Waals surface area contributed by atoms with Gasteiger partial charge in [-0.3, -0.25) is 4.79 Å². The van der Waals surface area contributed by atoms with Gasteiger partial charge in [0, 0.05) is 25.0 Å². The molecule has 1 aliphatic heterocycles. The van der Waals surface area contributed by atoms with Crippen molar-refractivity contribution in [3.63, 3.8) is 0 Å². The van der Waals surface area contributed by atoms with Gasteiger partial charge in [0.05, 0.1) is 0 Å². The van der Waals surface area contributed by atoms with Crippen molar-refractivity contribution >= 4 is 5.91 Å². The zero-order valence-electron chi connectivity index (χ0n) is 13.4. The van der Waals surface area contributed by atoms with Gasteiger partial charge in [-0.1, -0.05) is 26.2 Å². The number of hydrogen-bond acceptors (Lipinski definition) is 3. The standard InChI is InChI=1S/C16H33N3O/c1-14(8-7-9-15(2)17)16(20)18-10-13-19-11-5-3-4-6-12-19/h14-15H,3-13,17H2,1-2H3,(H,18,20). The van der Waals surface area contributed by atoms with Crippen LogP contribution >= 0.6 is 0 Å². The second kappa shape index (κ2) is 10.2. The third kappa shape index (κ3) is 7.85. The smallest absolute Gasteiger partial charge is 0.222 e. The lowest BCUT2D eigenvalue weighted by Crippen LogP contribution is -2.37. The minimum Gasteiger partial charge on any atom is -0.355 e. The lowest BCUT2D eigenvalue weighted by atomic mass is 10.0. The zero-order chi connectivity index (χ0) is 14.8. The number of nitrogens with one attached hydrogen (secondary N) is 1. The van der Waals surface area contributed by atoms with Gasteiger partial charge in [-0.15, -0.1) is 0 Å². The van der Waals surface area contributed by atoms with Crippen molar-refractivity contribution < 1.29 is 4.79 Å². The molecule has 0 radical (unpaired) electrons. The maximum atomic E-state index is 12.0. The van der Waals surface area contributed by atoms with Crippen molar-refractivity contribution in [2.75, 3.05) is 26.2 Å². The number of rotatable bonds is 8. The van der Waals surface area contributed by atoms with E-state index in [4.69, 9.17) is 5.73 Å². The SMILES string of the molecule is CC(N)CCCC(C)C(=O)NCCN1CCCCCC1. The van der Waals surface area contributed by atoms with E-state index >= 15 is 0 Å². The molecule has 1 aliphatic rings. The predicted octanol–water partition coefficient (Wildman–Crippen LogP) is 2.13. The van der Waals surface area contributed by atoms with E-state index in [-0.39, 0.29) is 17.9 Å². The van der Waals surface area contributed by atoms with E-state index in [0.717, 1.165) is 32.4 Å². The number of carbonyl (C=O) groups is 1. The van der Waals surface area contributed by atoms with Crippen LogP contribution in [0.1, 0.15) is 58.8 Å². The Labute approximate surface area is 124 Å². The molecule has 1 heterocycles. The Hall–Kier alpha value is -0.610. The number of likely N-dealkylation sites (tertiary alicyclic amines) is 1. The largest absolute Gasteiger partial charge is 0.355 e. The zero-order valence-corrected chi connectivity index (χ0v) is 13.4. The van der Waals surface area contributed by atoms with Crippen molar-refractivity contribution in [3.8, 4) is 0 Å². The van der Waals surface area contributed by atoms with Crippen molar-refractivity contribution in [1.29, 1.82) is 0 Å². The van der Waals surface area contributed by atoms with Crippen LogP contribution < -0.4 is 11.1 Å². The topological polar surface area (TPSA) is 58.4 Å². The summed E-state index contributed by atoms with van der Waals surface area (Å²) in [4.78, 5) is 14.4. The average molecular weight is 283 g/mol. The second-order valence-electron chi connectivity index (χ2n) is 6.36. The van der Waals surface area contributed by atoms with Gasteiger partial charge in [-0.25, -0.2) is 0 Å². The van der Waals surface area contributed by atoms with E-state index < -0.39 is 0 Å². The summed E-state index contributed by atoms with van der Waals surface area (Å²) in [5.74, 6) is 0.308. The van der Waals surface area contributed by atoms with Crippen molar-refractivity contribution in [1.82, 2.24) is 10.2 Å². The highest BCUT2D eigenvalue weighted by molar-refractivity contribution is 5.78. The van der Waals surface area contributed by atoms with Crippen LogP contribution in [0.15, 0.2) is 0 Å². The van der Waals surface area contributed by atoms with Gasteiger partial charge in [-0.05, 0) is 45.7 Å². The van der Waals surface area contributed by atoms with Crippen LogP contribution in [0.25, 0.3) is 0 Å². The number of carbonyl (C=O) groups excluding carboxylic acids is 1. The van der Waals surface area contributed by atoms with E-state index in [1.807, 2.05) is 13.8 Å². The van der Waals surface area contributed by atoms with Crippen molar-refractivity contribution in [3.05, 3.63) is 0 Å². The Morgan fingerprint density at radius 2 is 1.80 bits per heavy atom. The summed E-state index contributed by atoms with van der Waals surface area (Å²) in [7, 11) is 0. The molecule has 4 nitrogen and oxygen atoms in total. The van der Waals surface area contributed by atoms with Gasteiger partial charge in [-0.2, -0.15) is 0 Å². The first-order valence-electron chi connectivity index (χ1n) is 8.35. The molecule has 1 rings (SSSR count). The lowest BCUT2D eigenvalue weighted by molar-refractivity contribution is -0.124. The Morgan fingerprint density at radius 1 is 1.15 bits per heavy atom. The summed E-state index contributed by atoms with van der Waals surface area (Å²) in [6.45, 7) is 8.21.